The smallest absolute Gasteiger partial charge is 0.188 e. The summed E-state index contributed by atoms with van der Waals surface area (Å²) in [5.74, 6) is 0.625. The first kappa shape index (κ1) is 17.5. The van der Waals surface area contributed by atoms with E-state index in [0.717, 1.165) is 52.4 Å². The molecule has 22 heavy (non-hydrogen) atoms. The lowest BCUT2D eigenvalue weighted by molar-refractivity contribution is 0.00939. The number of hydrogen-bond acceptors (Lipinski definition) is 3. The third-order valence-corrected chi connectivity index (χ3v) is 5.00. The molecule has 5 nitrogen and oxygen atoms in total. The van der Waals surface area contributed by atoms with E-state index in [1.54, 1.807) is 0 Å². The maximum absolute atomic E-state index is 6.03. The van der Waals surface area contributed by atoms with Crippen molar-refractivity contribution in [3.8, 4) is 0 Å². The van der Waals surface area contributed by atoms with Gasteiger partial charge in [-0.05, 0) is 19.3 Å². The van der Waals surface area contributed by atoms with E-state index in [0.29, 0.717) is 11.4 Å². The number of aliphatic imine (C=N–C) groups is 1. The van der Waals surface area contributed by atoms with Crippen LogP contribution in [0.4, 0.5) is 0 Å². The molecule has 1 saturated heterocycles. The summed E-state index contributed by atoms with van der Waals surface area (Å²) in [4.78, 5) is 7.24. The molecule has 2 aliphatic rings. The summed E-state index contributed by atoms with van der Waals surface area (Å²) in [7, 11) is 0. The van der Waals surface area contributed by atoms with E-state index in [4.69, 9.17) is 10.5 Å². The first-order valence-corrected chi connectivity index (χ1v) is 9.08. The van der Waals surface area contributed by atoms with Gasteiger partial charge in [0.2, 0.25) is 0 Å². The summed E-state index contributed by atoms with van der Waals surface area (Å²) >= 11 is 0. The highest BCUT2D eigenvalue weighted by molar-refractivity contribution is 5.77. The maximum atomic E-state index is 6.03. The second-order valence-electron chi connectivity index (χ2n) is 6.93. The van der Waals surface area contributed by atoms with Crippen molar-refractivity contribution in [3.63, 3.8) is 0 Å². The van der Waals surface area contributed by atoms with Gasteiger partial charge in [0.1, 0.15) is 0 Å². The van der Waals surface area contributed by atoms with Crippen molar-refractivity contribution in [2.24, 2.45) is 16.1 Å². The summed E-state index contributed by atoms with van der Waals surface area (Å²) in [5.41, 5.74) is 6.36. The molecule has 0 radical (unpaired) electrons. The predicted octanol–water partition coefficient (Wildman–Crippen LogP) is 1.97. The number of nitrogens with two attached hydrogens (primary N) is 1. The molecule has 0 amide bonds. The average Bonchev–Trinajstić information content (AvgIpc) is 2.55. The molecule has 128 valence electrons. The molecule has 0 bridgehead atoms. The van der Waals surface area contributed by atoms with E-state index in [1.165, 1.54) is 38.5 Å². The van der Waals surface area contributed by atoms with Gasteiger partial charge in [-0.15, -0.1) is 0 Å². The molecule has 0 atom stereocenters. The molecule has 2 fully saturated rings. The maximum Gasteiger partial charge on any atom is 0.188 e. The Morgan fingerprint density at radius 1 is 1.23 bits per heavy atom. The topological polar surface area (TPSA) is 62.9 Å². The highest BCUT2D eigenvalue weighted by Gasteiger charge is 2.34. The van der Waals surface area contributed by atoms with E-state index >= 15 is 0 Å². The van der Waals surface area contributed by atoms with Crippen molar-refractivity contribution in [2.75, 3.05) is 45.9 Å². The average molecular weight is 310 g/mol. The minimum Gasteiger partial charge on any atom is -0.379 e. The molecule has 2 rings (SSSR count). The van der Waals surface area contributed by atoms with Gasteiger partial charge in [-0.1, -0.05) is 32.6 Å². The summed E-state index contributed by atoms with van der Waals surface area (Å²) < 4.78 is 5.48. The van der Waals surface area contributed by atoms with Crippen molar-refractivity contribution in [2.45, 2.75) is 51.9 Å². The molecular weight excluding hydrogens is 276 g/mol. The van der Waals surface area contributed by atoms with Gasteiger partial charge in [-0.25, -0.2) is 0 Å². The SMILES string of the molecule is CCCCNC(N)=NCC1(CN2CCOCC2)CCCCC1. The Hall–Kier alpha value is -0.810. The predicted molar refractivity (Wildman–Crippen MR) is 92.2 cm³/mol. The largest absolute Gasteiger partial charge is 0.379 e. The molecule has 0 aromatic rings. The van der Waals surface area contributed by atoms with Crippen LogP contribution in [0, 0.1) is 5.41 Å². The quantitative estimate of drug-likeness (QED) is 0.429. The van der Waals surface area contributed by atoms with Crippen molar-refractivity contribution >= 4 is 5.96 Å². The van der Waals surface area contributed by atoms with Crippen molar-refractivity contribution in [1.29, 1.82) is 0 Å². The molecule has 3 N–H and O–H groups in total. The number of guanidine groups is 1. The molecular formula is C17H34N4O. The monoisotopic (exact) mass is 310 g/mol. The lowest BCUT2D eigenvalue weighted by atomic mass is 9.73. The Kier molecular flexibility index (Phi) is 7.46. The van der Waals surface area contributed by atoms with Gasteiger partial charge in [0, 0.05) is 38.1 Å². The second kappa shape index (κ2) is 9.36. The van der Waals surface area contributed by atoms with Gasteiger partial charge in [-0.2, -0.15) is 0 Å². The lowest BCUT2D eigenvalue weighted by Gasteiger charge is -2.41. The Morgan fingerprint density at radius 2 is 1.95 bits per heavy atom. The molecule has 1 aliphatic heterocycles. The van der Waals surface area contributed by atoms with Crippen LogP contribution >= 0.6 is 0 Å². The van der Waals surface area contributed by atoms with E-state index in [-0.39, 0.29) is 0 Å². The minimum atomic E-state index is 0.326. The normalized spacial score (nSPS) is 23.4. The third-order valence-electron chi connectivity index (χ3n) is 5.00. The highest BCUT2D eigenvalue weighted by Crippen LogP contribution is 2.37. The van der Waals surface area contributed by atoms with Crippen LogP contribution in [0.1, 0.15) is 51.9 Å². The highest BCUT2D eigenvalue weighted by atomic mass is 16.5. The Bertz CT molecular complexity index is 334. The zero-order valence-electron chi connectivity index (χ0n) is 14.3. The molecule has 1 saturated carbocycles. The van der Waals surface area contributed by atoms with Gasteiger partial charge >= 0.3 is 0 Å². The van der Waals surface area contributed by atoms with E-state index < -0.39 is 0 Å². The third kappa shape index (κ3) is 5.76. The number of unbranched alkanes of at least 4 members (excludes halogenated alkanes) is 1. The molecule has 1 aliphatic carbocycles. The molecule has 5 heteroatoms. The number of nitrogens with zero attached hydrogens (tertiary/aromatic N) is 2. The van der Waals surface area contributed by atoms with Gasteiger partial charge in [0.15, 0.2) is 5.96 Å². The number of rotatable bonds is 7. The number of nitrogens with one attached hydrogen (secondary N) is 1. The van der Waals surface area contributed by atoms with Crippen molar-refractivity contribution in [3.05, 3.63) is 0 Å². The van der Waals surface area contributed by atoms with Gasteiger partial charge in [0.25, 0.3) is 0 Å². The second-order valence-corrected chi connectivity index (χ2v) is 6.93. The van der Waals surface area contributed by atoms with E-state index in [2.05, 4.69) is 22.1 Å². The summed E-state index contributed by atoms with van der Waals surface area (Å²) in [6.07, 6.45) is 8.95. The first-order valence-electron chi connectivity index (χ1n) is 9.08. The number of ether oxygens (including phenoxy) is 1. The first-order chi connectivity index (χ1) is 10.7. The van der Waals surface area contributed by atoms with Gasteiger partial charge < -0.3 is 15.8 Å². The fourth-order valence-corrected chi connectivity index (χ4v) is 3.60. The molecule has 0 aromatic carbocycles. The van der Waals surface area contributed by atoms with Crippen LogP contribution in [-0.2, 0) is 4.74 Å². The van der Waals surface area contributed by atoms with Crippen LogP contribution < -0.4 is 11.1 Å². The zero-order chi connectivity index (χ0) is 15.7. The molecule has 1 heterocycles. The van der Waals surface area contributed by atoms with Crippen molar-refractivity contribution in [1.82, 2.24) is 10.2 Å². The zero-order valence-corrected chi connectivity index (χ0v) is 14.3. The summed E-state index contributed by atoms with van der Waals surface area (Å²) in [6, 6.07) is 0. The van der Waals surface area contributed by atoms with Gasteiger partial charge in [0.05, 0.1) is 13.2 Å². The summed E-state index contributed by atoms with van der Waals surface area (Å²) in [5, 5.41) is 3.24. The van der Waals surface area contributed by atoms with Crippen LogP contribution in [0.15, 0.2) is 4.99 Å². The standard InChI is InChI=1S/C17H34N4O/c1-2-3-9-19-16(18)20-14-17(7-5-4-6-8-17)15-21-10-12-22-13-11-21/h2-15H2,1H3,(H3,18,19,20). The van der Waals surface area contributed by atoms with Crippen molar-refractivity contribution < 1.29 is 4.74 Å². The number of hydrogen-bond donors (Lipinski definition) is 2. The van der Waals surface area contributed by atoms with E-state index in [1.807, 2.05) is 0 Å². The Labute approximate surface area is 135 Å². The van der Waals surface area contributed by atoms with Gasteiger partial charge in [-0.3, -0.25) is 9.89 Å². The number of morpholine rings is 1. The Morgan fingerprint density at radius 3 is 2.64 bits per heavy atom. The van der Waals surface area contributed by atoms with Crippen LogP contribution in [-0.4, -0.2) is 56.8 Å². The minimum absolute atomic E-state index is 0.326. The molecule has 0 unspecified atom stereocenters. The fraction of sp³-hybridized carbons (Fsp3) is 0.941. The van der Waals surface area contributed by atoms with Crippen LogP contribution in [0.25, 0.3) is 0 Å². The molecule has 0 spiro atoms. The summed E-state index contributed by atoms with van der Waals surface area (Å²) in [6.45, 7) is 9.03. The van der Waals surface area contributed by atoms with Crippen LogP contribution in [0.5, 0.6) is 0 Å². The fourth-order valence-electron chi connectivity index (χ4n) is 3.60. The Balaban J connectivity index is 1.88. The van der Waals surface area contributed by atoms with Crippen LogP contribution in [0.2, 0.25) is 0 Å². The van der Waals surface area contributed by atoms with E-state index in [9.17, 15) is 0 Å². The molecule has 0 aromatic heterocycles. The lowest BCUT2D eigenvalue weighted by Crippen LogP contribution is -2.46. The van der Waals surface area contributed by atoms with Crippen LogP contribution in [0.3, 0.4) is 0 Å².